The summed E-state index contributed by atoms with van der Waals surface area (Å²) >= 11 is 0. The molecule has 1 aromatic heterocycles. The Bertz CT molecular complexity index is 488. The molecule has 2 atom stereocenters. The van der Waals surface area contributed by atoms with Crippen LogP contribution in [0.25, 0.3) is 0 Å². The Labute approximate surface area is 148 Å². The highest BCUT2D eigenvalue weighted by atomic mass is 35.5. The van der Waals surface area contributed by atoms with Crippen molar-refractivity contribution in [3.8, 4) is 0 Å². The molecule has 0 bridgehead atoms. The molecule has 0 radical (unpaired) electrons. The zero-order valence-corrected chi connectivity index (χ0v) is 14.5. The summed E-state index contributed by atoms with van der Waals surface area (Å²) in [5.74, 6) is -0.110. The number of rotatable bonds is 5. The zero-order chi connectivity index (χ0) is 15.1. The molecule has 6 nitrogen and oxygen atoms in total. The third kappa shape index (κ3) is 7.63. The highest BCUT2D eigenvalue weighted by Gasteiger charge is 2.24. The van der Waals surface area contributed by atoms with Gasteiger partial charge in [0.2, 0.25) is 11.8 Å². The van der Waals surface area contributed by atoms with Gasteiger partial charge >= 0.3 is 0 Å². The van der Waals surface area contributed by atoms with E-state index in [1.165, 1.54) is 0 Å². The molecule has 130 valence electrons. The lowest BCUT2D eigenvalue weighted by molar-refractivity contribution is -0.126. The van der Waals surface area contributed by atoms with Crippen molar-refractivity contribution >= 4 is 42.3 Å². The molecule has 2 unspecified atom stereocenters. The van der Waals surface area contributed by atoms with Gasteiger partial charge < -0.3 is 16.4 Å². The molecule has 1 aliphatic carbocycles. The predicted octanol–water partition coefficient (Wildman–Crippen LogP) is 1.89. The highest BCUT2D eigenvalue weighted by molar-refractivity contribution is 5.91. The van der Waals surface area contributed by atoms with Crippen LogP contribution in [0.2, 0.25) is 0 Å². The van der Waals surface area contributed by atoms with E-state index in [-0.39, 0.29) is 55.0 Å². The summed E-state index contributed by atoms with van der Waals surface area (Å²) in [5, 5.41) is 5.57. The average molecular weight is 363 g/mol. The number of halogens is 2. The van der Waals surface area contributed by atoms with E-state index in [9.17, 15) is 9.59 Å². The van der Waals surface area contributed by atoms with E-state index in [4.69, 9.17) is 5.73 Å². The van der Waals surface area contributed by atoms with Gasteiger partial charge in [0.1, 0.15) is 0 Å². The first-order valence-corrected chi connectivity index (χ1v) is 7.38. The predicted molar refractivity (Wildman–Crippen MR) is 94.9 cm³/mol. The van der Waals surface area contributed by atoms with Crippen LogP contribution in [0.1, 0.15) is 32.1 Å². The van der Waals surface area contributed by atoms with Crippen LogP contribution in [0, 0.1) is 5.92 Å². The third-order valence-corrected chi connectivity index (χ3v) is 3.70. The molecular formula is C15H24Cl2N4O2. The van der Waals surface area contributed by atoms with Crippen LogP contribution in [0.5, 0.6) is 0 Å². The number of nitrogens with zero attached hydrogens (tertiary/aromatic N) is 1. The Morgan fingerprint density at radius 1 is 1.22 bits per heavy atom. The number of pyridine rings is 1. The van der Waals surface area contributed by atoms with Crippen molar-refractivity contribution in [1.29, 1.82) is 0 Å². The van der Waals surface area contributed by atoms with Crippen molar-refractivity contribution in [1.82, 2.24) is 10.3 Å². The fourth-order valence-electron chi connectivity index (χ4n) is 2.57. The molecule has 8 heteroatoms. The maximum absolute atomic E-state index is 12.0. The van der Waals surface area contributed by atoms with Gasteiger partial charge in [-0.1, -0.05) is 6.42 Å². The van der Waals surface area contributed by atoms with E-state index < -0.39 is 0 Å². The molecular weight excluding hydrogens is 339 g/mol. The molecule has 1 aliphatic rings. The summed E-state index contributed by atoms with van der Waals surface area (Å²) in [7, 11) is 0. The molecule has 0 aliphatic heterocycles. The zero-order valence-electron chi connectivity index (χ0n) is 12.9. The SMILES string of the molecule is Cl.Cl.NC1CCCC(C(=O)NCCC(=O)Nc2ccncc2)C1. The lowest BCUT2D eigenvalue weighted by Crippen LogP contribution is -2.38. The number of hydrogen-bond donors (Lipinski definition) is 3. The third-order valence-electron chi connectivity index (χ3n) is 3.70. The molecule has 0 aromatic carbocycles. The van der Waals surface area contributed by atoms with E-state index in [0.717, 1.165) is 25.7 Å². The van der Waals surface area contributed by atoms with E-state index in [1.54, 1.807) is 24.5 Å². The summed E-state index contributed by atoms with van der Waals surface area (Å²) < 4.78 is 0. The minimum absolute atomic E-state index is 0. The summed E-state index contributed by atoms with van der Waals surface area (Å²) in [6, 6.07) is 3.57. The summed E-state index contributed by atoms with van der Waals surface area (Å²) in [5.41, 5.74) is 6.58. The highest BCUT2D eigenvalue weighted by Crippen LogP contribution is 2.22. The second-order valence-electron chi connectivity index (χ2n) is 5.45. The Kier molecular flexibility index (Phi) is 10.5. The summed E-state index contributed by atoms with van der Waals surface area (Å²) in [6.45, 7) is 0.349. The van der Waals surface area contributed by atoms with Crippen molar-refractivity contribution in [2.75, 3.05) is 11.9 Å². The minimum atomic E-state index is -0.123. The van der Waals surface area contributed by atoms with Gasteiger partial charge in [-0.2, -0.15) is 0 Å². The number of carbonyl (C=O) groups is 2. The smallest absolute Gasteiger partial charge is 0.226 e. The van der Waals surface area contributed by atoms with Crippen LogP contribution in [0.4, 0.5) is 5.69 Å². The first-order chi connectivity index (χ1) is 10.1. The van der Waals surface area contributed by atoms with Crippen LogP contribution < -0.4 is 16.4 Å². The number of amides is 2. The Hall–Kier alpha value is -1.37. The number of nitrogens with one attached hydrogen (secondary N) is 2. The van der Waals surface area contributed by atoms with Crippen molar-refractivity contribution in [2.24, 2.45) is 11.7 Å². The van der Waals surface area contributed by atoms with Gasteiger partial charge in [-0.25, -0.2) is 0 Å². The Morgan fingerprint density at radius 3 is 2.57 bits per heavy atom. The molecule has 2 amide bonds. The van der Waals surface area contributed by atoms with Crippen LogP contribution in [0.15, 0.2) is 24.5 Å². The van der Waals surface area contributed by atoms with E-state index in [2.05, 4.69) is 15.6 Å². The monoisotopic (exact) mass is 362 g/mol. The fraction of sp³-hybridized carbons (Fsp3) is 0.533. The molecule has 0 spiro atoms. The van der Waals surface area contributed by atoms with Crippen LogP contribution in [0.3, 0.4) is 0 Å². The molecule has 2 rings (SSSR count). The summed E-state index contributed by atoms with van der Waals surface area (Å²) in [6.07, 6.45) is 7.12. The van der Waals surface area contributed by atoms with Gasteiger partial charge in [0.25, 0.3) is 0 Å². The number of hydrogen-bond acceptors (Lipinski definition) is 4. The van der Waals surface area contributed by atoms with Crippen LogP contribution in [-0.2, 0) is 9.59 Å². The minimum Gasteiger partial charge on any atom is -0.355 e. The van der Waals surface area contributed by atoms with Gasteiger partial charge in [-0.05, 0) is 31.4 Å². The standard InChI is InChI=1S/C15H22N4O2.2ClH/c16-12-3-1-2-11(10-12)15(21)18-9-6-14(20)19-13-4-7-17-8-5-13;;/h4-5,7-8,11-12H,1-3,6,9-10,16H2,(H,18,21)(H,17,19,20);2*1H. The van der Waals surface area contributed by atoms with E-state index in [0.29, 0.717) is 12.2 Å². The van der Waals surface area contributed by atoms with Crippen molar-refractivity contribution in [3.63, 3.8) is 0 Å². The maximum Gasteiger partial charge on any atom is 0.226 e. The van der Waals surface area contributed by atoms with Gasteiger partial charge in [0, 0.05) is 43.0 Å². The topological polar surface area (TPSA) is 97.1 Å². The number of nitrogens with two attached hydrogens (primary N) is 1. The molecule has 1 fully saturated rings. The molecule has 1 saturated carbocycles. The van der Waals surface area contributed by atoms with Gasteiger partial charge in [-0.15, -0.1) is 24.8 Å². The van der Waals surface area contributed by atoms with Gasteiger partial charge in [0.15, 0.2) is 0 Å². The molecule has 1 heterocycles. The maximum atomic E-state index is 12.0. The fourth-order valence-corrected chi connectivity index (χ4v) is 2.57. The lowest BCUT2D eigenvalue weighted by atomic mass is 9.85. The van der Waals surface area contributed by atoms with Gasteiger partial charge in [-0.3, -0.25) is 14.6 Å². The quantitative estimate of drug-likeness (QED) is 0.744. The van der Waals surface area contributed by atoms with Crippen molar-refractivity contribution in [2.45, 2.75) is 38.1 Å². The molecule has 23 heavy (non-hydrogen) atoms. The Morgan fingerprint density at radius 2 is 1.91 bits per heavy atom. The van der Waals surface area contributed by atoms with E-state index >= 15 is 0 Å². The molecule has 1 aromatic rings. The molecule has 0 saturated heterocycles. The van der Waals surface area contributed by atoms with Gasteiger partial charge in [0.05, 0.1) is 0 Å². The normalized spacial score (nSPS) is 19.7. The van der Waals surface area contributed by atoms with Crippen LogP contribution >= 0.6 is 24.8 Å². The lowest BCUT2D eigenvalue weighted by Gasteiger charge is -2.25. The summed E-state index contributed by atoms with van der Waals surface area (Å²) in [4.78, 5) is 27.6. The Balaban J connectivity index is 0.00000242. The largest absolute Gasteiger partial charge is 0.355 e. The van der Waals surface area contributed by atoms with Crippen molar-refractivity contribution < 1.29 is 9.59 Å². The second kappa shape index (κ2) is 11.2. The average Bonchev–Trinajstić information content (AvgIpc) is 2.48. The van der Waals surface area contributed by atoms with Crippen LogP contribution in [-0.4, -0.2) is 29.4 Å². The number of aromatic nitrogens is 1. The first kappa shape index (κ1) is 21.6. The first-order valence-electron chi connectivity index (χ1n) is 7.38. The molecule has 4 N–H and O–H groups in total. The second-order valence-corrected chi connectivity index (χ2v) is 5.45. The number of anilines is 1. The van der Waals surface area contributed by atoms with Crippen molar-refractivity contribution in [3.05, 3.63) is 24.5 Å². The van der Waals surface area contributed by atoms with E-state index in [1.807, 2.05) is 0 Å². The number of carbonyl (C=O) groups excluding carboxylic acids is 2.